The molecular weight excluding hydrogens is 290 g/mol. The number of anilines is 1. The van der Waals surface area contributed by atoms with Gasteiger partial charge in [-0.1, -0.05) is 11.6 Å². The van der Waals surface area contributed by atoms with Crippen LogP contribution >= 0.6 is 11.6 Å². The van der Waals surface area contributed by atoms with E-state index in [1.807, 2.05) is 0 Å². The van der Waals surface area contributed by atoms with E-state index in [1.165, 1.54) is 4.90 Å². The lowest BCUT2D eigenvalue weighted by atomic mass is 9.75. The monoisotopic (exact) mass is 309 g/mol. The van der Waals surface area contributed by atoms with Gasteiger partial charge < -0.3 is 16.0 Å². The topological polar surface area (TPSA) is 75.4 Å². The van der Waals surface area contributed by atoms with E-state index in [4.69, 9.17) is 17.3 Å². The Bertz CT molecular complexity index is 568. The Morgan fingerprint density at radius 2 is 2.05 bits per heavy atom. The molecule has 2 amide bonds. The van der Waals surface area contributed by atoms with E-state index in [2.05, 4.69) is 5.32 Å². The van der Waals surface area contributed by atoms with Crippen LogP contribution in [-0.4, -0.2) is 36.3 Å². The predicted octanol–water partition coefficient (Wildman–Crippen LogP) is 2.25. The molecule has 0 aromatic heterocycles. The van der Waals surface area contributed by atoms with Gasteiger partial charge in [-0.15, -0.1) is 0 Å². The molecule has 0 heterocycles. The quantitative estimate of drug-likeness (QED) is 0.895. The molecule has 2 rings (SSSR count). The van der Waals surface area contributed by atoms with E-state index < -0.39 is 0 Å². The van der Waals surface area contributed by atoms with Crippen molar-refractivity contribution >= 4 is 29.1 Å². The third-order valence-electron chi connectivity index (χ3n) is 3.76. The Hall–Kier alpha value is -1.59. The van der Waals surface area contributed by atoms with Crippen LogP contribution < -0.4 is 11.1 Å². The molecular formula is C15H20ClN3O2. The first-order valence-electron chi connectivity index (χ1n) is 6.91. The lowest BCUT2D eigenvalue weighted by Gasteiger charge is -2.37. The van der Waals surface area contributed by atoms with Gasteiger partial charge in [0.05, 0.1) is 10.7 Å². The van der Waals surface area contributed by atoms with Gasteiger partial charge in [-0.05, 0) is 37.5 Å². The van der Waals surface area contributed by atoms with Gasteiger partial charge in [0.15, 0.2) is 0 Å². The summed E-state index contributed by atoms with van der Waals surface area (Å²) >= 11 is 6.07. The van der Waals surface area contributed by atoms with Crippen molar-refractivity contribution < 1.29 is 9.59 Å². The van der Waals surface area contributed by atoms with Crippen molar-refractivity contribution in [1.82, 2.24) is 4.90 Å². The summed E-state index contributed by atoms with van der Waals surface area (Å²) in [6.45, 7) is 0. The van der Waals surface area contributed by atoms with Crippen molar-refractivity contribution in [2.45, 2.75) is 31.2 Å². The highest BCUT2D eigenvalue weighted by Crippen LogP contribution is 2.33. The minimum Gasteiger partial charge on any atom is -0.345 e. The molecule has 1 aliphatic rings. The Morgan fingerprint density at radius 1 is 1.38 bits per heavy atom. The zero-order chi connectivity index (χ0) is 15.6. The summed E-state index contributed by atoms with van der Waals surface area (Å²) < 4.78 is 0. The fraction of sp³-hybridized carbons (Fsp3) is 0.467. The van der Waals surface area contributed by atoms with E-state index >= 15 is 0 Å². The van der Waals surface area contributed by atoms with Gasteiger partial charge in [0.2, 0.25) is 5.91 Å². The first-order valence-corrected chi connectivity index (χ1v) is 7.28. The molecule has 0 aliphatic heterocycles. The van der Waals surface area contributed by atoms with Gasteiger partial charge in [-0.2, -0.15) is 0 Å². The molecule has 5 nitrogen and oxygen atoms in total. The fourth-order valence-electron chi connectivity index (χ4n) is 2.33. The van der Waals surface area contributed by atoms with Gasteiger partial charge in [-0.25, -0.2) is 0 Å². The van der Waals surface area contributed by atoms with Crippen LogP contribution in [0.1, 0.15) is 36.0 Å². The van der Waals surface area contributed by atoms with Crippen LogP contribution in [0.15, 0.2) is 18.2 Å². The van der Waals surface area contributed by atoms with Crippen molar-refractivity contribution in [1.29, 1.82) is 0 Å². The molecule has 0 saturated heterocycles. The van der Waals surface area contributed by atoms with Crippen LogP contribution in [-0.2, 0) is 4.79 Å². The van der Waals surface area contributed by atoms with Gasteiger partial charge in [0.25, 0.3) is 5.91 Å². The zero-order valence-electron chi connectivity index (χ0n) is 12.3. The summed E-state index contributed by atoms with van der Waals surface area (Å²) in [5.74, 6) is -0.315. The SMILES string of the molecule is CN(C)C(=O)c1ccc(Cl)c(NC(=O)CC2(N)CCC2)c1. The average Bonchev–Trinajstić information content (AvgIpc) is 2.38. The lowest BCUT2D eigenvalue weighted by Crippen LogP contribution is -2.48. The number of hydrogen-bond donors (Lipinski definition) is 2. The third-order valence-corrected chi connectivity index (χ3v) is 4.09. The maximum absolute atomic E-state index is 12.0. The number of benzene rings is 1. The van der Waals surface area contributed by atoms with Crippen LogP contribution in [0.3, 0.4) is 0 Å². The van der Waals surface area contributed by atoms with Crippen molar-refractivity contribution in [2.24, 2.45) is 5.73 Å². The Balaban J connectivity index is 2.10. The van der Waals surface area contributed by atoms with Crippen LogP contribution in [0.2, 0.25) is 5.02 Å². The number of nitrogens with two attached hydrogens (primary N) is 1. The molecule has 0 bridgehead atoms. The average molecular weight is 310 g/mol. The van der Waals surface area contributed by atoms with Crippen molar-refractivity contribution in [2.75, 3.05) is 19.4 Å². The van der Waals surface area contributed by atoms with Crippen LogP contribution in [0.25, 0.3) is 0 Å². The normalized spacial score (nSPS) is 16.0. The number of rotatable bonds is 4. The third kappa shape index (κ3) is 3.74. The maximum Gasteiger partial charge on any atom is 0.253 e. The molecule has 1 aromatic carbocycles. The molecule has 0 radical (unpaired) electrons. The lowest BCUT2D eigenvalue weighted by molar-refractivity contribution is -0.118. The second-order valence-electron chi connectivity index (χ2n) is 5.84. The minimum absolute atomic E-state index is 0.142. The standard InChI is InChI=1S/C15H20ClN3O2/c1-19(2)14(21)10-4-5-11(16)12(8-10)18-13(20)9-15(17)6-3-7-15/h4-5,8H,3,6-7,9,17H2,1-2H3,(H,18,20). The maximum atomic E-state index is 12.0. The molecule has 1 saturated carbocycles. The highest BCUT2D eigenvalue weighted by atomic mass is 35.5. The van der Waals surface area contributed by atoms with Crippen LogP contribution in [0.4, 0.5) is 5.69 Å². The summed E-state index contributed by atoms with van der Waals surface area (Å²) in [5, 5.41) is 3.15. The Kier molecular flexibility index (Phi) is 4.54. The fourth-order valence-corrected chi connectivity index (χ4v) is 2.50. The summed E-state index contributed by atoms with van der Waals surface area (Å²) in [6, 6.07) is 4.83. The van der Waals surface area contributed by atoms with E-state index in [0.29, 0.717) is 16.3 Å². The molecule has 1 fully saturated rings. The number of carbonyl (C=O) groups is 2. The number of nitrogens with zero attached hydrogens (tertiary/aromatic N) is 1. The summed E-state index contributed by atoms with van der Waals surface area (Å²) in [4.78, 5) is 25.4. The molecule has 1 aromatic rings. The summed E-state index contributed by atoms with van der Waals surface area (Å²) in [5.41, 5.74) is 6.60. The zero-order valence-corrected chi connectivity index (χ0v) is 13.0. The number of hydrogen-bond acceptors (Lipinski definition) is 3. The van der Waals surface area contributed by atoms with E-state index in [1.54, 1.807) is 32.3 Å². The summed E-state index contributed by atoms with van der Waals surface area (Å²) in [7, 11) is 3.34. The largest absolute Gasteiger partial charge is 0.345 e. The number of amides is 2. The molecule has 6 heteroatoms. The summed E-state index contributed by atoms with van der Waals surface area (Å²) in [6.07, 6.45) is 3.08. The van der Waals surface area contributed by atoms with E-state index in [0.717, 1.165) is 19.3 Å². The second kappa shape index (κ2) is 6.03. The Labute approximate surface area is 129 Å². The number of nitrogens with one attached hydrogen (secondary N) is 1. The van der Waals surface area contributed by atoms with Crippen LogP contribution in [0.5, 0.6) is 0 Å². The first-order chi connectivity index (χ1) is 9.81. The van der Waals surface area contributed by atoms with Crippen molar-refractivity contribution in [3.8, 4) is 0 Å². The molecule has 0 spiro atoms. The first kappa shape index (κ1) is 15.8. The Morgan fingerprint density at radius 3 is 2.57 bits per heavy atom. The van der Waals surface area contributed by atoms with E-state index in [9.17, 15) is 9.59 Å². The van der Waals surface area contributed by atoms with Gasteiger partial charge >= 0.3 is 0 Å². The van der Waals surface area contributed by atoms with Crippen molar-refractivity contribution in [3.63, 3.8) is 0 Å². The van der Waals surface area contributed by atoms with Crippen LogP contribution in [0, 0.1) is 0 Å². The second-order valence-corrected chi connectivity index (χ2v) is 6.24. The van der Waals surface area contributed by atoms with E-state index in [-0.39, 0.29) is 23.8 Å². The number of carbonyl (C=O) groups excluding carboxylic acids is 2. The minimum atomic E-state index is -0.381. The molecule has 3 N–H and O–H groups in total. The van der Waals surface area contributed by atoms with Gasteiger partial charge in [0.1, 0.15) is 0 Å². The molecule has 114 valence electrons. The molecule has 1 aliphatic carbocycles. The molecule has 0 unspecified atom stereocenters. The van der Waals surface area contributed by atoms with Gasteiger partial charge in [0, 0.05) is 31.6 Å². The molecule has 0 atom stereocenters. The predicted molar refractivity (Wildman–Crippen MR) is 83.5 cm³/mol. The van der Waals surface area contributed by atoms with Gasteiger partial charge in [-0.3, -0.25) is 9.59 Å². The van der Waals surface area contributed by atoms with Crippen molar-refractivity contribution in [3.05, 3.63) is 28.8 Å². The smallest absolute Gasteiger partial charge is 0.253 e. The highest BCUT2D eigenvalue weighted by molar-refractivity contribution is 6.33. The highest BCUT2D eigenvalue weighted by Gasteiger charge is 2.34. The molecule has 21 heavy (non-hydrogen) atoms. The number of halogens is 1.